The number of hydrogen-bond acceptors (Lipinski definition) is 3. The van der Waals surface area contributed by atoms with Gasteiger partial charge in [0.2, 0.25) is 0 Å². The summed E-state index contributed by atoms with van der Waals surface area (Å²) >= 11 is 0. The van der Waals surface area contributed by atoms with Gasteiger partial charge in [-0.15, -0.1) is 0 Å². The number of rotatable bonds is 4. The molecule has 124 valence electrons. The van der Waals surface area contributed by atoms with Gasteiger partial charge in [0.05, 0.1) is 11.8 Å². The Morgan fingerprint density at radius 3 is 2.78 bits per heavy atom. The number of H-pyrrole nitrogens is 1. The van der Waals surface area contributed by atoms with Crippen LogP contribution in [-0.2, 0) is 12.6 Å². The molecule has 23 heavy (non-hydrogen) atoms. The van der Waals surface area contributed by atoms with Gasteiger partial charge in [-0.3, -0.25) is 4.79 Å². The van der Waals surface area contributed by atoms with Crippen LogP contribution in [0.25, 0.3) is 0 Å². The smallest absolute Gasteiger partial charge is 0.417 e. The number of aromatic nitrogens is 1. The molecular weight excluding hydrogens is 315 g/mol. The number of pyridine rings is 1. The number of aromatic amines is 1. The second kappa shape index (κ2) is 6.59. The van der Waals surface area contributed by atoms with Gasteiger partial charge in [0.15, 0.2) is 0 Å². The fraction of sp³-hybridized carbons (Fsp3) is 0.286. The predicted octanol–water partition coefficient (Wildman–Crippen LogP) is 2.74. The van der Waals surface area contributed by atoms with Crippen molar-refractivity contribution in [3.63, 3.8) is 0 Å². The Bertz CT molecular complexity index is 723. The fourth-order valence-electron chi connectivity index (χ4n) is 1.90. The van der Waals surface area contributed by atoms with Crippen molar-refractivity contribution in [3.8, 4) is 0 Å². The molecule has 2 aromatic heterocycles. The number of furan rings is 1. The molecule has 0 aromatic carbocycles. The Labute approximate surface area is 128 Å². The Morgan fingerprint density at radius 1 is 1.43 bits per heavy atom. The van der Waals surface area contributed by atoms with Gasteiger partial charge >= 0.3 is 12.2 Å². The Hall–Kier alpha value is -2.71. The molecule has 2 aromatic rings. The van der Waals surface area contributed by atoms with E-state index in [-0.39, 0.29) is 6.04 Å². The highest BCUT2D eigenvalue weighted by molar-refractivity contribution is 5.89. The van der Waals surface area contributed by atoms with Gasteiger partial charge in [-0.1, -0.05) is 0 Å². The first-order valence-electron chi connectivity index (χ1n) is 6.65. The van der Waals surface area contributed by atoms with E-state index in [0.29, 0.717) is 24.4 Å². The molecule has 0 aliphatic rings. The van der Waals surface area contributed by atoms with E-state index in [1.807, 2.05) is 4.98 Å². The van der Waals surface area contributed by atoms with E-state index in [9.17, 15) is 22.8 Å². The maximum absolute atomic E-state index is 12.6. The van der Waals surface area contributed by atoms with E-state index in [2.05, 4.69) is 10.6 Å². The first-order chi connectivity index (χ1) is 10.8. The topological polar surface area (TPSA) is 87.1 Å². The van der Waals surface area contributed by atoms with Gasteiger partial charge in [0, 0.05) is 18.7 Å². The molecule has 1 atom stereocenters. The number of amides is 2. The molecule has 9 heteroatoms. The van der Waals surface area contributed by atoms with Crippen molar-refractivity contribution in [2.45, 2.75) is 25.6 Å². The van der Waals surface area contributed by atoms with Crippen molar-refractivity contribution in [3.05, 3.63) is 52.3 Å². The Kier molecular flexibility index (Phi) is 4.77. The molecule has 0 bridgehead atoms. The second-order valence-corrected chi connectivity index (χ2v) is 4.91. The summed E-state index contributed by atoms with van der Waals surface area (Å²) in [6, 6.07) is 2.88. The van der Waals surface area contributed by atoms with Crippen molar-refractivity contribution < 1.29 is 22.4 Å². The molecule has 0 spiro atoms. The van der Waals surface area contributed by atoms with Crippen LogP contribution >= 0.6 is 0 Å². The Balaban J connectivity index is 2.01. The monoisotopic (exact) mass is 329 g/mol. The number of nitrogens with one attached hydrogen (secondary N) is 3. The van der Waals surface area contributed by atoms with Crippen LogP contribution < -0.4 is 16.2 Å². The molecule has 0 radical (unpaired) electrons. The molecule has 2 heterocycles. The molecular formula is C14H14F3N3O3. The zero-order valence-electron chi connectivity index (χ0n) is 12.0. The normalized spacial score (nSPS) is 12.7. The molecule has 0 saturated heterocycles. The van der Waals surface area contributed by atoms with Gasteiger partial charge in [-0.2, -0.15) is 13.2 Å². The van der Waals surface area contributed by atoms with E-state index >= 15 is 0 Å². The lowest BCUT2D eigenvalue weighted by molar-refractivity contribution is -0.137. The quantitative estimate of drug-likeness (QED) is 0.806. The highest BCUT2D eigenvalue weighted by Crippen LogP contribution is 2.29. The average molecular weight is 329 g/mol. The highest BCUT2D eigenvalue weighted by Gasteiger charge is 2.31. The van der Waals surface area contributed by atoms with E-state index < -0.39 is 29.0 Å². The molecule has 3 N–H and O–H groups in total. The number of anilines is 1. The fourth-order valence-corrected chi connectivity index (χ4v) is 1.90. The van der Waals surface area contributed by atoms with Crippen LogP contribution in [-0.4, -0.2) is 17.1 Å². The number of carbonyl (C=O) groups is 1. The molecule has 0 saturated carbocycles. The van der Waals surface area contributed by atoms with E-state index in [1.54, 1.807) is 19.1 Å². The lowest BCUT2D eigenvalue weighted by Gasteiger charge is -2.14. The van der Waals surface area contributed by atoms with Crippen molar-refractivity contribution in [1.82, 2.24) is 10.3 Å². The third-order valence-electron chi connectivity index (χ3n) is 2.94. The van der Waals surface area contributed by atoms with E-state index in [4.69, 9.17) is 4.42 Å². The van der Waals surface area contributed by atoms with Gasteiger partial charge < -0.3 is 20.0 Å². The minimum absolute atomic E-state index is 0.342. The minimum atomic E-state index is -4.62. The van der Waals surface area contributed by atoms with Crippen molar-refractivity contribution in [2.24, 2.45) is 0 Å². The summed E-state index contributed by atoms with van der Waals surface area (Å²) in [7, 11) is 0. The third-order valence-corrected chi connectivity index (χ3v) is 2.94. The Morgan fingerprint density at radius 2 is 2.17 bits per heavy atom. The summed E-state index contributed by atoms with van der Waals surface area (Å²) in [5.74, 6) is 0.648. The number of alkyl halides is 3. The van der Waals surface area contributed by atoms with Crippen LogP contribution in [0.2, 0.25) is 0 Å². The summed E-state index contributed by atoms with van der Waals surface area (Å²) in [5, 5.41) is 4.62. The van der Waals surface area contributed by atoms with Crippen LogP contribution in [0.5, 0.6) is 0 Å². The minimum Gasteiger partial charge on any atom is -0.469 e. The van der Waals surface area contributed by atoms with Crippen molar-refractivity contribution >= 4 is 11.7 Å². The summed E-state index contributed by atoms with van der Waals surface area (Å²) in [5.41, 5.74) is -2.37. The third kappa shape index (κ3) is 4.63. The van der Waals surface area contributed by atoms with Crippen molar-refractivity contribution in [2.75, 3.05) is 5.32 Å². The molecule has 2 rings (SSSR count). The first kappa shape index (κ1) is 16.7. The predicted molar refractivity (Wildman–Crippen MR) is 76.1 cm³/mol. The highest BCUT2D eigenvalue weighted by atomic mass is 19.4. The van der Waals surface area contributed by atoms with Gasteiger partial charge in [-0.05, 0) is 25.1 Å². The van der Waals surface area contributed by atoms with Crippen LogP contribution in [0.15, 0.2) is 39.9 Å². The number of urea groups is 1. The molecule has 0 fully saturated rings. The molecule has 0 unspecified atom stereocenters. The summed E-state index contributed by atoms with van der Waals surface area (Å²) in [6.07, 6.45) is -2.18. The zero-order chi connectivity index (χ0) is 17.0. The number of halogens is 3. The SMILES string of the molecule is C[C@H](Cc1ccco1)NC(=O)Nc1cc(C(F)(F)F)c[nH]c1=O. The summed E-state index contributed by atoms with van der Waals surface area (Å²) in [6.45, 7) is 1.69. The zero-order valence-corrected chi connectivity index (χ0v) is 12.0. The number of hydrogen-bond donors (Lipinski definition) is 3. The van der Waals surface area contributed by atoms with Gasteiger partial charge in [-0.25, -0.2) is 4.79 Å². The average Bonchev–Trinajstić information content (AvgIpc) is 2.92. The van der Waals surface area contributed by atoms with Crippen molar-refractivity contribution in [1.29, 1.82) is 0 Å². The first-order valence-corrected chi connectivity index (χ1v) is 6.65. The second-order valence-electron chi connectivity index (χ2n) is 4.91. The van der Waals surface area contributed by atoms with Crippen LogP contribution in [0.3, 0.4) is 0 Å². The molecule has 0 aliphatic heterocycles. The maximum Gasteiger partial charge on any atom is 0.417 e. The van der Waals surface area contributed by atoms with Crippen LogP contribution in [0.1, 0.15) is 18.2 Å². The molecule has 6 nitrogen and oxygen atoms in total. The van der Waals surface area contributed by atoms with Crippen LogP contribution in [0, 0.1) is 0 Å². The molecule has 0 aliphatic carbocycles. The van der Waals surface area contributed by atoms with Gasteiger partial charge in [0.1, 0.15) is 11.4 Å². The van der Waals surface area contributed by atoms with E-state index in [0.717, 1.165) is 0 Å². The summed E-state index contributed by atoms with van der Waals surface area (Å²) in [4.78, 5) is 25.2. The van der Waals surface area contributed by atoms with Crippen LogP contribution in [0.4, 0.5) is 23.7 Å². The summed E-state index contributed by atoms with van der Waals surface area (Å²) < 4.78 is 42.9. The van der Waals surface area contributed by atoms with E-state index in [1.165, 1.54) is 6.26 Å². The standard InChI is InChI=1S/C14H14F3N3O3/c1-8(5-10-3-2-4-23-10)19-13(22)20-11-6-9(14(15,16)17)7-18-12(11)21/h2-4,6-8H,5H2,1H3,(H,18,21)(H2,19,20,22)/t8-/m1/s1. The van der Waals surface area contributed by atoms with Gasteiger partial charge in [0.25, 0.3) is 5.56 Å². The number of carbonyl (C=O) groups excluding carboxylic acids is 1. The lowest BCUT2D eigenvalue weighted by Crippen LogP contribution is -2.38. The largest absolute Gasteiger partial charge is 0.469 e. The molecule has 2 amide bonds. The maximum atomic E-state index is 12.6. The lowest BCUT2D eigenvalue weighted by atomic mass is 10.2.